The predicted molar refractivity (Wildman–Crippen MR) is 95.4 cm³/mol. The number of hydrogen-bond donors (Lipinski definition) is 0. The number of carbonyl (C=O) groups excluding carboxylic acids is 3. The van der Waals surface area contributed by atoms with Crippen LogP contribution in [0.1, 0.15) is 30.1 Å². The van der Waals surface area contributed by atoms with E-state index in [1.807, 2.05) is 0 Å². The van der Waals surface area contributed by atoms with Gasteiger partial charge in [-0.3, -0.25) is 9.59 Å². The molecule has 130 valence electrons. The second kappa shape index (κ2) is 9.00. The molecular formula is C17H20INO5. The summed E-state index contributed by atoms with van der Waals surface area (Å²) in [4.78, 5) is 37.3. The molecule has 7 heteroatoms. The fourth-order valence-electron chi connectivity index (χ4n) is 2.51. The lowest BCUT2D eigenvalue weighted by molar-refractivity contribution is -0.151. The van der Waals surface area contributed by atoms with E-state index < -0.39 is 5.97 Å². The summed E-state index contributed by atoms with van der Waals surface area (Å²) >= 11 is 2.15. The van der Waals surface area contributed by atoms with E-state index in [0.29, 0.717) is 38.1 Å². The van der Waals surface area contributed by atoms with Gasteiger partial charge >= 0.3 is 11.9 Å². The second-order valence-corrected chi connectivity index (χ2v) is 6.74. The molecular weight excluding hydrogens is 425 g/mol. The van der Waals surface area contributed by atoms with Crippen molar-refractivity contribution in [2.75, 3.05) is 26.3 Å². The molecule has 1 aromatic carbocycles. The van der Waals surface area contributed by atoms with Gasteiger partial charge in [-0.05, 0) is 66.6 Å². The standard InChI is InChI=1S/C17H20INO5/c1-2-23-16(21)13-7-9-19(10-8-13)15(20)11-24-17(22)12-3-5-14(18)6-4-12/h3-6,13H,2,7-11H2,1H3. The Labute approximate surface area is 154 Å². The molecule has 0 saturated carbocycles. The highest BCUT2D eigenvalue weighted by molar-refractivity contribution is 14.1. The van der Waals surface area contributed by atoms with Crippen molar-refractivity contribution in [2.45, 2.75) is 19.8 Å². The van der Waals surface area contributed by atoms with E-state index in [9.17, 15) is 14.4 Å². The SMILES string of the molecule is CCOC(=O)C1CCN(C(=O)COC(=O)c2ccc(I)cc2)CC1. The van der Waals surface area contributed by atoms with Gasteiger partial charge in [-0.2, -0.15) is 0 Å². The monoisotopic (exact) mass is 445 g/mol. The number of rotatable bonds is 5. The Balaban J connectivity index is 1.76. The first-order valence-electron chi connectivity index (χ1n) is 7.88. The van der Waals surface area contributed by atoms with Crippen LogP contribution in [0.5, 0.6) is 0 Å². The predicted octanol–water partition coefficient (Wildman–Crippen LogP) is 2.25. The first kappa shape index (κ1) is 18.7. The molecule has 1 saturated heterocycles. The molecule has 2 rings (SSSR count). The minimum absolute atomic E-state index is 0.150. The van der Waals surface area contributed by atoms with Crippen molar-refractivity contribution in [2.24, 2.45) is 5.92 Å². The Hall–Kier alpha value is -1.64. The molecule has 1 heterocycles. The van der Waals surface area contributed by atoms with Gasteiger partial charge in [0.05, 0.1) is 18.1 Å². The lowest BCUT2D eigenvalue weighted by Crippen LogP contribution is -2.42. The largest absolute Gasteiger partial charge is 0.466 e. The molecule has 1 aliphatic rings. The molecule has 0 bridgehead atoms. The van der Waals surface area contributed by atoms with Gasteiger partial charge in [0.15, 0.2) is 6.61 Å². The first-order valence-corrected chi connectivity index (χ1v) is 8.96. The summed E-state index contributed by atoms with van der Waals surface area (Å²) in [6, 6.07) is 6.94. The van der Waals surface area contributed by atoms with E-state index in [2.05, 4.69) is 22.6 Å². The van der Waals surface area contributed by atoms with Crippen LogP contribution in [-0.2, 0) is 19.1 Å². The molecule has 0 aliphatic carbocycles. The van der Waals surface area contributed by atoms with Crippen LogP contribution in [0.2, 0.25) is 0 Å². The summed E-state index contributed by atoms with van der Waals surface area (Å²) in [5.74, 6) is -1.10. The summed E-state index contributed by atoms with van der Waals surface area (Å²) in [5, 5.41) is 0. The fourth-order valence-corrected chi connectivity index (χ4v) is 2.87. The van der Waals surface area contributed by atoms with Crippen molar-refractivity contribution in [3.8, 4) is 0 Å². The molecule has 1 aliphatic heterocycles. The lowest BCUT2D eigenvalue weighted by atomic mass is 9.97. The molecule has 0 aromatic heterocycles. The molecule has 6 nitrogen and oxygen atoms in total. The molecule has 0 unspecified atom stereocenters. The maximum absolute atomic E-state index is 12.1. The van der Waals surface area contributed by atoms with E-state index in [0.717, 1.165) is 3.57 Å². The molecule has 24 heavy (non-hydrogen) atoms. The summed E-state index contributed by atoms with van der Waals surface area (Å²) < 4.78 is 11.1. The number of halogens is 1. The smallest absolute Gasteiger partial charge is 0.338 e. The van der Waals surface area contributed by atoms with Gasteiger partial charge in [-0.1, -0.05) is 0 Å². The van der Waals surface area contributed by atoms with Crippen LogP contribution in [0, 0.1) is 9.49 Å². The number of carbonyl (C=O) groups is 3. The van der Waals surface area contributed by atoms with Gasteiger partial charge in [-0.15, -0.1) is 0 Å². The van der Waals surface area contributed by atoms with Gasteiger partial charge < -0.3 is 14.4 Å². The van der Waals surface area contributed by atoms with Gasteiger partial charge in [0.2, 0.25) is 0 Å². The minimum Gasteiger partial charge on any atom is -0.466 e. The molecule has 0 radical (unpaired) electrons. The highest BCUT2D eigenvalue weighted by atomic mass is 127. The van der Waals surface area contributed by atoms with Crippen LogP contribution in [0.15, 0.2) is 24.3 Å². The van der Waals surface area contributed by atoms with Crippen molar-refractivity contribution in [3.05, 3.63) is 33.4 Å². The third-order valence-electron chi connectivity index (χ3n) is 3.87. The number of piperidine rings is 1. The molecule has 0 atom stereocenters. The highest BCUT2D eigenvalue weighted by Crippen LogP contribution is 2.19. The van der Waals surface area contributed by atoms with Gasteiger partial charge in [0.25, 0.3) is 5.91 Å². The van der Waals surface area contributed by atoms with Crippen molar-refractivity contribution in [1.29, 1.82) is 0 Å². The van der Waals surface area contributed by atoms with Crippen LogP contribution in [0.25, 0.3) is 0 Å². The molecule has 0 N–H and O–H groups in total. The normalized spacial score (nSPS) is 15.0. The first-order chi connectivity index (χ1) is 11.5. The molecule has 1 fully saturated rings. The van der Waals surface area contributed by atoms with Crippen LogP contribution in [0.4, 0.5) is 0 Å². The zero-order valence-electron chi connectivity index (χ0n) is 13.5. The number of amides is 1. The summed E-state index contributed by atoms with van der Waals surface area (Å²) in [6.07, 6.45) is 1.16. The summed E-state index contributed by atoms with van der Waals surface area (Å²) in [7, 11) is 0. The van der Waals surface area contributed by atoms with Crippen LogP contribution in [0.3, 0.4) is 0 Å². The molecule has 1 aromatic rings. The zero-order chi connectivity index (χ0) is 17.5. The number of benzene rings is 1. The molecule has 1 amide bonds. The summed E-state index contributed by atoms with van der Waals surface area (Å²) in [5.41, 5.74) is 0.421. The number of esters is 2. The highest BCUT2D eigenvalue weighted by Gasteiger charge is 2.28. The van der Waals surface area contributed by atoms with E-state index in [4.69, 9.17) is 9.47 Å². The summed E-state index contributed by atoms with van der Waals surface area (Å²) in [6.45, 7) is 2.81. The van der Waals surface area contributed by atoms with E-state index in [1.165, 1.54) is 0 Å². The number of hydrogen-bond acceptors (Lipinski definition) is 5. The Kier molecular flexibility index (Phi) is 7.01. The van der Waals surface area contributed by atoms with Gasteiger partial charge in [0.1, 0.15) is 0 Å². The van der Waals surface area contributed by atoms with Crippen LogP contribution >= 0.6 is 22.6 Å². The van der Waals surface area contributed by atoms with Gasteiger partial charge in [-0.25, -0.2) is 4.79 Å². The quantitative estimate of drug-likeness (QED) is 0.514. The minimum atomic E-state index is -0.513. The van der Waals surface area contributed by atoms with E-state index in [1.54, 1.807) is 36.1 Å². The van der Waals surface area contributed by atoms with Crippen molar-refractivity contribution < 1.29 is 23.9 Å². The van der Waals surface area contributed by atoms with Crippen molar-refractivity contribution >= 4 is 40.4 Å². The van der Waals surface area contributed by atoms with E-state index in [-0.39, 0.29) is 24.4 Å². The lowest BCUT2D eigenvalue weighted by Gasteiger charge is -2.30. The molecule has 0 spiro atoms. The van der Waals surface area contributed by atoms with Crippen LogP contribution in [-0.4, -0.2) is 49.0 Å². The third kappa shape index (κ3) is 5.19. The second-order valence-electron chi connectivity index (χ2n) is 5.49. The number of likely N-dealkylation sites (tertiary alicyclic amines) is 1. The topological polar surface area (TPSA) is 72.9 Å². The Bertz CT molecular complexity index is 594. The van der Waals surface area contributed by atoms with Crippen LogP contribution < -0.4 is 0 Å². The van der Waals surface area contributed by atoms with Gasteiger partial charge in [0, 0.05) is 16.7 Å². The number of nitrogens with zero attached hydrogens (tertiary/aromatic N) is 1. The average Bonchev–Trinajstić information content (AvgIpc) is 2.60. The maximum atomic E-state index is 12.1. The average molecular weight is 445 g/mol. The number of ether oxygens (including phenoxy) is 2. The van der Waals surface area contributed by atoms with Crippen molar-refractivity contribution in [1.82, 2.24) is 4.90 Å². The Morgan fingerprint density at radius 1 is 1.12 bits per heavy atom. The Morgan fingerprint density at radius 2 is 1.75 bits per heavy atom. The van der Waals surface area contributed by atoms with E-state index >= 15 is 0 Å². The fraction of sp³-hybridized carbons (Fsp3) is 0.471. The third-order valence-corrected chi connectivity index (χ3v) is 4.59. The zero-order valence-corrected chi connectivity index (χ0v) is 15.7. The Morgan fingerprint density at radius 3 is 2.33 bits per heavy atom. The van der Waals surface area contributed by atoms with Crippen molar-refractivity contribution in [3.63, 3.8) is 0 Å². The maximum Gasteiger partial charge on any atom is 0.338 e.